The van der Waals surface area contributed by atoms with E-state index in [9.17, 15) is 10.2 Å². The Bertz CT molecular complexity index is 676. The fourth-order valence-corrected chi connectivity index (χ4v) is 3.94. The zero-order valence-corrected chi connectivity index (χ0v) is 13.3. The van der Waals surface area contributed by atoms with Crippen molar-refractivity contribution in [3.05, 3.63) is 6.33 Å². The summed E-state index contributed by atoms with van der Waals surface area (Å²) in [5.74, 6) is 0.790. The van der Waals surface area contributed by atoms with Crippen LogP contribution in [0.15, 0.2) is 6.33 Å². The second-order valence-corrected chi connectivity index (χ2v) is 7.09. The van der Waals surface area contributed by atoms with E-state index in [1.807, 2.05) is 18.4 Å². The number of fused-ring (bicyclic) bond motifs is 1. The molecule has 0 unspecified atom stereocenters. The summed E-state index contributed by atoms with van der Waals surface area (Å²) < 4.78 is 1.89. The minimum absolute atomic E-state index is 0.0293. The molecule has 0 aromatic carbocycles. The number of nitrogen functional groups attached to an aromatic ring is 1. The molecule has 5 N–H and O–H groups in total. The Labute approximate surface area is 132 Å². The van der Waals surface area contributed by atoms with Crippen molar-refractivity contribution in [3.63, 3.8) is 0 Å². The second-order valence-electron chi connectivity index (χ2n) is 5.67. The van der Waals surface area contributed by atoms with Crippen LogP contribution in [0, 0.1) is 0 Å². The van der Waals surface area contributed by atoms with Crippen molar-refractivity contribution in [2.45, 2.75) is 43.0 Å². The maximum atomic E-state index is 9.97. The normalized spacial score (nSPS) is 25.2. The van der Waals surface area contributed by atoms with Gasteiger partial charge in [-0.25, -0.2) is 4.98 Å². The van der Waals surface area contributed by atoms with Crippen molar-refractivity contribution in [2.75, 3.05) is 17.7 Å². The van der Waals surface area contributed by atoms with Gasteiger partial charge in [0.2, 0.25) is 5.95 Å². The summed E-state index contributed by atoms with van der Waals surface area (Å²) >= 11 is 1.52. The maximum Gasteiger partial charge on any atom is 0.224 e. The third kappa shape index (κ3) is 2.71. The first kappa shape index (κ1) is 15.3. The molecule has 8 nitrogen and oxygen atoms in total. The van der Waals surface area contributed by atoms with Gasteiger partial charge in [0, 0.05) is 12.5 Å². The lowest BCUT2D eigenvalue weighted by Gasteiger charge is -2.13. The predicted octanol–water partition coefficient (Wildman–Crippen LogP) is 0.586. The zero-order valence-electron chi connectivity index (χ0n) is 12.5. The van der Waals surface area contributed by atoms with E-state index < -0.39 is 6.10 Å². The van der Waals surface area contributed by atoms with Crippen LogP contribution in [0.2, 0.25) is 0 Å². The zero-order chi connectivity index (χ0) is 15.9. The number of nitrogens with one attached hydrogen (secondary N) is 1. The van der Waals surface area contributed by atoms with E-state index >= 15 is 0 Å². The Morgan fingerprint density at radius 3 is 2.91 bits per heavy atom. The van der Waals surface area contributed by atoms with Gasteiger partial charge in [-0.2, -0.15) is 9.97 Å². The highest BCUT2D eigenvalue weighted by Crippen LogP contribution is 2.42. The lowest BCUT2D eigenvalue weighted by atomic mass is 10.2. The van der Waals surface area contributed by atoms with Gasteiger partial charge in [0.15, 0.2) is 17.0 Å². The fraction of sp³-hybridized carbons (Fsp3) is 0.615. The van der Waals surface area contributed by atoms with Gasteiger partial charge in [-0.15, -0.1) is 11.8 Å². The number of nitrogens with zero attached hydrogens (tertiary/aromatic N) is 4. The van der Waals surface area contributed by atoms with Crippen LogP contribution in [0.3, 0.4) is 0 Å². The molecule has 0 amide bonds. The molecule has 3 heterocycles. The minimum atomic E-state index is -0.537. The highest BCUT2D eigenvalue weighted by Gasteiger charge is 2.35. The van der Waals surface area contributed by atoms with E-state index in [1.165, 1.54) is 11.8 Å². The monoisotopic (exact) mass is 324 g/mol. The number of rotatable bonds is 4. The van der Waals surface area contributed by atoms with Crippen molar-refractivity contribution < 1.29 is 10.2 Å². The Balaban J connectivity index is 2.00. The summed E-state index contributed by atoms with van der Waals surface area (Å²) in [6.45, 7) is 3.97. The average molecular weight is 324 g/mol. The molecule has 0 radical (unpaired) electrons. The van der Waals surface area contributed by atoms with Gasteiger partial charge < -0.3 is 25.8 Å². The number of hydrogen-bond donors (Lipinski definition) is 4. The van der Waals surface area contributed by atoms with E-state index in [0.717, 1.165) is 0 Å². The number of aromatic nitrogens is 4. The molecular weight excluding hydrogens is 304 g/mol. The fourth-order valence-electron chi connectivity index (χ4n) is 2.57. The predicted molar refractivity (Wildman–Crippen MR) is 86.6 cm³/mol. The molecule has 0 saturated carbocycles. The summed E-state index contributed by atoms with van der Waals surface area (Å²) in [7, 11) is 0. The van der Waals surface area contributed by atoms with Crippen LogP contribution in [0.25, 0.3) is 11.2 Å². The van der Waals surface area contributed by atoms with E-state index in [2.05, 4.69) is 20.3 Å². The average Bonchev–Trinajstić information content (AvgIpc) is 3.01. The van der Waals surface area contributed by atoms with Crippen LogP contribution < -0.4 is 11.1 Å². The molecule has 0 aliphatic carbocycles. The number of aliphatic hydroxyl groups is 2. The molecule has 3 rings (SSSR count). The Morgan fingerprint density at radius 2 is 2.27 bits per heavy atom. The van der Waals surface area contributed by atoms with Gasteiger partial charge in [-0.05, 0) is 13.8 Å². The smallest absolute Gasteiger partial charge is 0.224 e. The van der Waals surface area contributed by atoms with E-state index in [0.29, 0.717) is 23.4 Å². The lowest BCUT2D eigenvalue weighted by molar-refractivity contribution is 0.138. The SMILES string of the molecule is CC(C)Nc1nc(N)nc2c1ncn2[C@@H]1C[C@H](O)[C@@H](CO)S1. The molecule has 1 saturated heterocycles. The highest BCUT2D eigenvalue weighted by molar-refractivity contribution is 8.00. The van der Waals surface area contributed by atoms with Crippen molar-refractivity contribution in [3.8, 4) is 0 Å². The molecule has 2 aromatic rings. The van der Waals surface area contributed by atoms with Crippen LogP contribution in [0.1, 0.15) is 25.6 Å². The quantitative estimate of drug-likeness (QED) is 0.644. The van der Waals surface area contributed by atoms with Crippen molar-refractivity contribution in [1.29, 1.82) is 0 Å². The van der Waals surface area contributed by atoms with Gasteiger partial charge in [-0.3, -0.25) is 0 Å². The standard InChI is InChI=1S/C13H20N6O2S/c1-6(2)16-11-10-12(18-13(14)17-11)19(5-15-10)9-3-7(21)8(4-20)22-9/h5-9,20-21H,3-4H2,1-2H3,(H3,14,16,17,18)/t7-,8+,9-/m0/s1. The van der Waals surface area contributed by atoms with Crippen molar-refractivity contribution in [2.24, 2.45) is 0 Å². The largest absolute Gasteiger partial charge is 0.395 e. The number of aliphatic hydroxyl groups excluding tert-OH is 2. The summed E-state index contributed by atoms with van der Waals surface area (Å²) in [4.78, 5) is 12.9. The molecule has 0 bridgehead atoms. The van der Waals surface area contributed by atoms with Crippen LogP contribution in [0.4, 0.5) is 11.8 Å². The van der Waals surface area contributed by atoms with Gasteiger partial charge in [0.05, 0.1) is 29.7 Å². The highest BCUT2D eigenvalue weighted by atomic mass is 32.2. The van der Waals surface area contributed by atoms with Gasteiger partial charge in [-0.1, -0.05) is 0 Å². The molecule has 1 aliphatic rings. The van der Waals surface area contributed by atoms with Crippen LogP contribution >= 0.6 is 11.8 Å². The molecule has 1 aliphatic heterocycles. The first-order chi connectivity index (χ1) is 10.5. The number of imidazole rings is 1. The van der Waals surface area contributed by atoms with Gasteiger partial charge in [0.1, 0.15) is 0 Å². The molecule has 2 aromatic heterocycles. The van der Waals surface area contributed by atoms with Gasteiger partial charge >= 0.3 is 0 Å². The molecule has 9 heteroatoms. The summed E-state index contributed by atoms with van der Waals surface area (Å²) in [5, 5.41) is 22.3. The van der Waals surface area contributed by atoms with E-state index in [-0.39, 0.29) is 29.2 Å². The third-order valence-corrected chi connectivity index (χ3v) is 5.11. The minimum Gasteiger partial charge on any atom is -0.395 e. The van der Waals surface area contributed by atoms with E-state index in [4.69, 9.17) is 5.73 Å². The molecule has 22 heavy (non-hydrogen) atoms. The van der Waals surface area contributed by atoms with Gasteiger partial charge in [0.25, 0.3) is 0 Å². The second kappa shape index (κ2) is 5.90. The maximum absolute atomic E-state index is 9.97. The third-order valence-electron chi connectivity index (χ3n) is 3.56. The summed E-state index contributed by atoms with van der Waals surface area (Å²) in [6.07, 6.45) is 1.69. The van der Waals surface area contributed by atoms with Crippen LogP contribution in [-0.4, -0.2) is 53.7 Å². The van der Waals surface area contributed by atoms with Crippen LogP contribution in [0.5, 0.6) is 0 Å². The topological polar surface area (TPSA) is 122 Å². The Kier molecular flexibility index (Phi) is 4.11. The first-order valence-electron chi connectivity index (χ1n) is 7.20. The molecule has 1 fully saturated rings. The molecule has 0 spiro atoms. The molecule has 3 atom stereocenters. The molecular formula is C13H20N6O2S. The number of nitrogens with two attached hydrogens (primary N) is 1. The number of anilines is 2. The van der Waals surface area contributed by atoms with Crippen molar-refractivity contribution >= 4 is 34.7 Å². The van der Waals surface area contributed by atoms with Crippen molar-refractivity contribution in [1.82, 2.24) is 19.5 Å². The Morgan fingerprint density at radius 1 is 1.50 bits per heavy atom. The Hall–Kier alpha value is -1.58. The molecule has 120 valence electrons. The van der Waals surface area contributed by atoms with E-state index in [1.54, 1.807) is 6.33 Å². The summed E-state index contributed by atoms with van der Waals surface area (Å²) in [6, 6.07) is 0.198. The first-order valence-corrected chi connectivity index (χ1v) is 8.15. The number of thioether (sulfide) groups is 1. The summed E-state index contributed by atoms with van der Waals surface area (Å²) in [5.41, 5.74) is 7.10. The van der Waals surface area contributed by atoms with Crippen LogP contribution in [-0.2, 0) is 0 Å². The lowest BCUT2D eigenvalue weighted by Crippen LogP contribution is -2.20. The number of hydrogen-bond acceptors (Lipinski definition) is 8.